The van der Waals surface area contributed by atoms with Gasteiger partial charge < -0.3 is 10.1 Å². The van der Waals surface area contributed by atoms with Crippen molar-refractivity contribution in [3.63, 3.8) is 0 Å². The number of methoxy groups -OCH3 is 1. The lowest BCUT2D eigenvalue weighted by molar-refractivity contribution is -0.142. The summed E-state index contributed by atoms with van der Waals surface area (Å²) in [5, 5.41) is 3.63. The van der Waals surface area contributed by atoms with Crippen molar-refractivity contribution < 1.29 is 14.3 Å². The predicted molar refractivity (Wildman–Crippen MR) is 70.8 cm³/mol. The van der Waals surface area contributed by atoms with Crippen LogP contribution in [0.1, 0.15) is 16.6 Å². The standard InChI is InChI=1S/C13H13NO3S/c1-8(13(16)17-2)14-12(15)11-7-9-5-3-4-6-10(9)18-11/h3-8H,1-2H3,(H,14,15). The van der Waals surface area contributed by atoms with E-state index < -0.39 is 12.0 Å². The van der Waals surface area contributed by atoms with Crippen molar-refractivity contribution in [2.75, 3.05) is 7.11 Å². The van der Waals surface area contributed by atoms with Crippen LogP contribution in [0.5, 0.6) is 0 Å². The van der Waals surface area contributed by atoms with Gasteiger partial charge in [-0.3, -0.25) is 4.79 Å². The van der Waals surface area contributed by atoms with Crippen molar-refractivity contribution in [2.45, 2.75) is 13.0 Å². The average Bonchev–Trinajstić information content (AvgIpc) is 2.81. The van der Waals surface area contributed by atoms with E-state index in [0.29, 0.717) is 4.88 Å². The summed E-state index contributed by atoms with van der Waals surface area (Å²) >= 11 is 1.40. The molecule has 0 aliphatic carbocycles. The first kappa shape index (κ1) is 12.6. The van der Waals surface area contributed by atoms with E-state index in [1.807, 2.05) is 30.3 Å². The molecule has 18 heavy (non-hydrogen) atoms. The fourth-order valence-electron chi connectivity index (χ4n) is 1.60. The molecule has 94 valence electrons. The van der Waals surface area contributed by atoms with Gasteiger partial charge in [-0.15, -0.1) is 11.3 Å². The first-order chi connectivity index (χ1) is 8.61. The molecule has 1 atom stereocenters. The summed E-state index contributed by atoms with van der Waals surface area (Å²) < 4.78 is 5.61. The Hall–Kier alpha value is -1.88. The number of hydrogen-bond acceptors (Lipinski definition) is 4. The molecule has 0 spiro atoms. The number of esters is 1. The molecule has 0 aliphatic rings. The highest BCUT2D eigenvalue weighted by atomic mass is 32.1. The molecule has 1 N–H and O–H groups in total. The third-order valence-electron chi connectivity index (χ3n) is 2.55. The van der Waals surface area contributed by atoms with Crippen LogP contribution < -0.4 is 5.32 Å². The number of carbonyl (C=O) groups excluding carboxylic acids is 2. The van der Waals surface area contributed by atoms with Gasteiger partial charge in [0.05, 0.1) is 12.0 Å². The first-order valence-corrected chi connectivity index (χ1v) is 6.30. The molecule has 1 aromatic carbocycles. The minimum absolute atomic E-state index is 0.255. The second kappa shape index (κ2) is 5.18. The van der Waals surface area contributed by atoms with Crippen LogP contribution in [-0.2, 0) is 9.53 Å². The Labute approximate surface area is 109 Å². The SMILES string of the molecule is COC(=O)C(C)NC(=O)c1cc2ccccc2s1. The van der Waals surface area contributed by atoms with Gasteiger partial charge in [0.2, 0.25) is 0 Å². The van der Waals surface area contributed by atoms with E-state index in [1.54, 1.807) is 6.92 Å². The van der Waals surface area contributed by atoms with Crippen molar-refractivity contribution in [2.24, 2.45) is 0 Å². The first-order valence-electron chi connectivity index (χ1n) is 5.49. The molecule has 1 unspecified atom stereocenters. The summed E-state index contributed by atoms with van der Waals surface area (Å²) in [5.41, 5.74) is 0. The monoisotopic (exact) mass is 263 g/mol. The number of amides is 1. The molecule has 1 aromatic heterocycles. The van der Waals surface area contributed by atoms with Gasteiger partial charge in [0.25, 0.3) is 5.91 Å². The third kappa shape index (κ3) is 2.51. The Balaban J connectivity index is 2.16. The Kier molecular flexibility index (Phi) is 3.62. The highest BCUT2D eigenvalue weighted by molar-refractivity contribution is 7.20. The lowest BCUT2D eigenvalue weighted by Gasteiger charge is -2.10. The van der Waals surface area contributed by atoms with E-state index in [2.05, 4.69) is 10.1 Å². The summed E-state index contributed by atoms with van der Waals surface area (Å²) in [6.45, 7) is 1.59. The van der Waals surface area contributed by atoms with E-state index in [0.717, 1.165) is 10.1 Å². The zero-order chi connectivity index (χ0) is 13.1. The topological polar surface area (TPSA) is 55.4 Å². The maximum absolute atomic E-state index is 11.9. The van der Waals surface area contributed by atoms with E-state index in [4.69, 9.17) is 0 Å². The van der Waals surface area contributed by atoms with Crippen LogP contribution in [0, 0.1) is 0 Å². The van der Waals surface area contributed by atoms with Gasteiger partial charge >= 0.3 is 5.97 Å². The van der Waals surface area contributed by atoms with Gasteiger partial charge in [-0.25, -0.2) is 4.79 Å². The van der Waals surface area contributed by atoms with Crippen LogP contribution in [0.4, 0.5) is 0 Å². The van der Waals surface area contributed by atoms with E-state index in [-0.39, 0.29) is 5.91 Å². The number of carbonyl (C=O) groups is 2. The number of rotatable bonds is 3. The summed E-state index contributed by atoms with van der Waals surface area (Å²) in [6, 6.07) is 8.94. The molecule has 0 bridgehead atoms. The van der Waals surface area contributed by atoms with E-state index >= 15 is 0 Å². The van der Waals surface area contributed by atoms with Crippen LogP contribution in [0.25, 0.3) is 10.1 Å². The maximum Gasteiger partial charge on any atom is 0.328 e. The molecule has 4 nitrogen and oxygen atoms in total. The van der Waals surface area contributed by atoms with Crippen molar-refractivity contribution in [1.82, 2.24) is 5.32 Å². The molecule has 0 saturated heterocycles. The smallest absolute Gasteiger partial charge is 0.328 e. The molecule has 5 heteroatoms. The molecular weight excluding hydrogens is 250 g/mol. The Bertz CT molecular complexity index is 558. The molecule has 1 heterocycles. The predicted octanol–water partition coefficient (Wildman–Crippen LogP) is 2.19. The van der Waals surface area contributed by atoms with E-state index in [9.17, 15) is 9.59 Å². The number of fused-ring (bicyclic) bond motifs is 1. The van der Waals surface area contributed by atoms with Crippen molar-refractivity contribution in [3.8, 4) is 0 Å². The summed E-state index contributed by atoms with van der Waals surface area (Å²) in [4.78, 5) is 23.7. The maximum atomic E-state index is 11.9. The second-order valence-corrected chi connectivity index (χ2v) is 4.95. The zero-order valence-electron chi connectivity index (χ0n) is 10.1. The normalized spacial score (nSPS) is 12.1. The summed E-state index contributed by atoms with van der Waals surface area (Å²) in [7, 11) is 1.30. The van der Waals surface area contributed by atoms with Crippen LogP contribution in [0.3, 0.4) is 0 Å². The number of thiophene rings is 1. The van der Waals surface area contributed by atoms with Crippen molar-refractivity contribution >= 4 is 33.3 Å². The average molecular weight is 263 g/mol. The van der Waals surface area contributed by atoms with Gasteiger partial charge in [0.15, 0.2) is 0 Å². The number of ether oxygens (including phenoxy) is 1. The number of nitrogens with one attached hydrogen (secondary N) is 1. The van der Waals surface area contributed by atoms with Gasteiger partial charge in [0, 0.05) is 4.70 Å². The largest absolute Gasteiger partial charge is 0.467 e. The van der Waals surface area contributed by atoms with Crippen LogP contribution in [-0.4, -0.2) is 25.0 Å². The highest BCUT2D eigenvalue weighted by Crippen LogP contribution is 2.25. The molecule has 0 radical (unpaired) electrons. The lowest BCUT2D eigenvalue weighted by Crippen LogP contribution is -2.38. The Morgan fingerprint density at radius 2 is 2.06 bits per heavy atom. The van der Waals surface area contributed by atoms with Crippen molar-refractivity contribution in [3.05, 3.63) is 35.2 Å². The molecule has 0 fully saturated rings. The third-order valence-corrected chi connectivity index (χ3v) is 3.67. The van der Waals surface area contributed by atoms with Crippen LogP contribution >= 0.6 is 11.3 Å². The molecule has 0 saturated carbocycles. The number of benzene rings is 1. The van der Waals surface area contributed by atoms with Crippen LogP contribution in [0.2, 0.25) is 0 Å². The van der Waals surface area contributed by atoms with Crippen molar-refractivity contribution in [1.29, 1.82) is 0 Å². The second-order valence-electron chi connectivity index (χ2n) is 3.87. The highest BCUT2D eigenvalue weighted by Gasteiger charge is 2.18. The van der Waals surface area contributed by atoms with Gasteiger partial charge in [-0.1, -0.05) is 18.2 Å². The molecule has 2 aromatic rings. The lowest BCUT2D eigenvalue weighted by atomic mass is 10.2. The van der Waals surface area contributed by atoms with Crippen LogP contribution in [0.15, 0.2) is 30.3 Å². The quantitative estimate of drug-likeness (QED) is 0.864. The summed E-state index contributed by atoms with van der Waals surface area (Å²) in [5.74, 6) is -0.710. The summed E-state index contributed by atoms with van der Waals surface area (Å²) in [6.07, 6.45) is 0. The minimum Gasteiger partial charge on any atom is -0.467 e. The zero-order valence-corrected chi connectivity index (χ0v) is 10.9. The minimum atomic E-state index is -0.646. The van der Waals surface area contributed by atoms with E-state index in [1.165, 1.54) is 18.4 Å². The Morgan fingerprint density at radius 3 is 2.72 bits per heavy atom. The molecular formula is C13H13NO3S. The fourth-order valence-corrected chi connectivity index (χ4v) is 2.56. The molecule has 2 rings (SSSR count). The molecule has 0 aliphatic heterocycles. The number of hydrogen-bond donors (Lipinski definition) is 1. The fraction of sp³-hybridized carbons (Fsp3) is 0.231. The Morgan fingerprint density at radius 1 is 1.33 bits per heavy atom. The van der Waals surface area contributed by atoms with Gasteiger partial charge in [-0.2, -0.15) is 0 Å². The van der Waals surface area contributed by atoms with Gasteiger partial charge in [0.1, 0.15) is 6.04 Å². The van der Waals surface area contributed by atoms with Gasteiger partial charge in [-0.05, 0) is 24.4 Å². The molecule has 1 amide bonds.